The van der Waals surface area contributed by atoms with Gasteiger partial charge in [-0.15, -0.1) is 0 Å². The molecule has 0 fully saturated rings. The summed E-state index contributed by atoms with van der Waals surface area (Å²) in [5, 5.41) is 26.9. The summed E-state index contributed by atoms with van der Waals surface area (Å²) in [6.07, 6.45) is 2.87. The molecular formula is C14H10Br2N2O2. The molecule has 0 radical (unpaired) electrons. The van der Waals surface area contributed by atoms with Crippen LogP contribution in [0.25, 0.3) is 0 Å². The Bertz CT molecular complexity index is 625. The average molecular weight is 398 g/mol. The first kappa shape index (κ1) is 14.7. The van der Waals surface area contributed by atoms with Crippen molar-refractivity contribution in [2.24, 2.45) is 10.2 Å². The van der Waals surface area contributed by atoms with Gasteiger partial charge >= 0.3 is 0 Å². The van der Waals surface area contributed by atoms with Crippen molar-refractivity contribution in [2.45, 2.75) is 0 Å². The molecule has 0 aliphatic rings. The van der Waals surface area contributed by atoms with E-state index in [1.807, 2.05) is 0 Å². The predicted molar refractivity (Wildman–Crippen MR) is 86.8 cm³/mol. The summed E-state index contributed by atoms with van der Waals surface area (Å²) in [6, 6.07) is 10.0. The summed E-state index contributed by atoms with van der Waals surface area (Å²) in [4.78, 5) is 0. The SMILES string of the molecule is Oc1ccc(Br)cc1/C=N\N=C\c1cc(Br)ccc1O. The van der Waals surface area contributed by atoms with Crippen LogP contribution in [0, 0.1) is 0 Å². The Hall–Kier alpha value is -1.66. The van der Waals surface area contributed by atoms with Gasteiger partial charge < -0.3 is 10.2 Å². The van der Waals surface area contributed by atoms with Gasteiger partial charge in [-0.25, -0.2) is 0 Å². The van der Waals surface area contributed by atoms with Crippen LogP contribution in [0.5, 0.6) is 11.5 Å². The van der Waals surface area contributed by atoms with Crippen molar-refractivity contribution in [1.82, 2.24) is 0 Å². The third-order valence-electron chi connectivity index (χ3n) is 2.44. The van der Waals surface area contributed by atoms with Crippen molar-refractivity contribution in [3.8, 4) is 11.5 Å². The molecule has 0 saturated heterocycles. The first-order chi connectivity index (χ1) is 9.56. The van der Waals surface area contributed by atoms with Crippen LogP contribution in [0.2, 0.25) is 0 Å². The molecule has 2 N–H and O–H groups in total. The normalized spacial score (nSPS) is 11.5. The summed E-state index contributed by atoms with van der Waals surface area (Å²) in [5.41, 5.74) is 1.10. The summed E-state index contributed by atoms with van der Waals surface area (Å²) in [5.74, 6) is 0.245. The van der Waals surface area contributed by atoms with E-state index in [4.69, 9.17) is 0 Å². The number of phenols is 2. The number of hydrogen-bond acceptors (Lipinski definition) is 4. The molecule has 2 rings (SSSR count). The van der Waals surface area contributed by atoms with E-state index in [1.165, 1.54) is 12.4 Å². The predicted octanol–water partition coefficient (Wildman–Crippen LogP) is 4.08. The fourth-order valence-corrected chi connectivity index (χ4v) is 2.21. The van der Waals surface area contributed by atoms with Gasteiger partial charge in [0.05, 0.1) is 12.4 Å². The monoisotopic (exact) mass is 396 g/mol. The van der Waals surface area contributed by atoms with Gasteiger partial charge in [-0.1, -0.05) is 31.9 Å². The fraction of sp³-hybridized carbons (Fsp3) is 0. The number of aromatic hydroxyl groups is 2. The van der Waals surface area contributed by atoms with Gasteiger partial charge in [-0.05, 0) is 36.4 Å². The standard InChI is InChI=1S/C14H10Br2N2O2/c15-11-1-3-13(19)9(5-11)7-17-18-8-10-6-12(16)2-4-14(10)20/h1-8,19-20H/b17-7-,18-8+. The maximum absolute atomic E-state index is 9.62. The van der Waals surface area contributed by atoms with Gasteiger partial charge in [-0.3, -0.25) is 0 Å². The second-order valence-corrected chi connectivity index (χ2v) is 5.73. The highest BCUT2D eigenvalue weighted by Gasteiger charge is 1.99. The van der Waals surface area contributed by atoms with Crippen LogP contribution < -0.4 is 0 Å². The number of nitrogens with zero attached hydrogens (tertiary/aromatic N) is 2. The molecule has 0 spiro atoms. The second kappa shape index (κ2) is 6.67. The molecule has 2 aromatic rings. The van der Waals surface area contributed by atoms with Crippen molar-refractivity contribution in [3.63, 3.8) is 0 Å². The molecule has 102 valence electrons. The topological polar surface area (TPSA) is 65.2 Å². The molecule has 0 heterocycles. The average Bonchev–Trinajstić information content (AvgIpc) is 2.42. The van der Waals surface area contributed by atoms with Crippen molar-refractivity contribution in [3.05, 3.63) is 56.5 Å². The number of phenolic OH excluding ortho intramolecular Hbond substituents is 2. The van der Waals surface area contributed by atoms with Crippen LogP contribution in [0.1, 0.15) is 11.1 Å². The summed E-state index contributed by atoms with van der Waals surface area (Å²) < 4.78 is 1.68. The number of hydrogen-bond donors (Lipinski definition) is 2. The lowest BCUT2D eigenvalue weighted by Crippen LogP contribution is -1.84. The summed E-state index contributed by atoms with van der Waals surface area (Å²) in [7, 11) is 0. The van der Waals surface area contributed by atoms with Gasteiger partial charge in [0.25, 0.3) is 0 Å². The molecule has 6 heteroatoms. The van der Waals surface area contributed by atoms with Gasteiger partial charge in [0.2, 0.25) is 0 Å². The number of rotatable bonds is 3. The molecule has 4 nitrogen and oxygen atoms in total. The van der Waals surface area contributed by atoms with Crippen LogP contribution in [-0.2, 0) is 0 Å². The van der Waals surface area contributed by atoms with Crippen LogP contribution in [0.3, 0.4) is 0 Å². The third-order valence-corrected chi connectivity index (χ3v) is 3.43. The molecule has 0 aliphatic carbocycles. The Kier molecular flexibility index (Phi) is 4.92. The molecule has 0 amide bonds. The molecule has 20 heavy (non-hydrogen) atoms. The van der Waals surface area contributed by atoms with E-state index >= 15 is 0 Å². The fourth-order valence-electron chi connectivity index (χ4n) is 1.45. The van der Waals surface area contributed by atoms with E-state index in [9.17, 15) is 10.2 Å². The lowest BCUT2D eigenvalue weighted by atomic mass is 10.2. The molecule has 0 saturated carbocycles. The van der Waals surface area contributed by atoms with E-state index < -0.39 is 0 Å². The summed E-state index contributed by atoms with van der Waals surface area (Å²) in [6.45, 7) is 0. The van der Waals surface area contributed by atoms with Crippen LogP contribution >= 0.6 is 31.9 Å². The molecular weight excluding hydrogens is 388 g/mol. The van der Waals surface area contributed by atoms with Gasteiger partial charge in [0, 0.05) is 20.1 Å². The van der Waals surface area contributed by atoms with Crippen molar-refractivity contribution >= 4 is 44.3 Å². The zero-order chi connectivity index (χ0) is 14.5. The van der Waals surface area contributed by atoms with E-state index in [0.29, 0.717) is 11.1 Å². The van der Waals surface area contributed by atoms with E-state index in [2.05, 4.69) is 42.1 Å². The Morgan fingerprint density at radius 2 is 1.15 bits per heavy atom. The maximum atomic E-state index is 9.62. The molecule has 0 unspecified atom stereocenters. The minimum atomic E-state index is 0.123. The van der Waals surface area contributed by atoms with Gasteiger partial charge in [-0.2, -0.15) is 10.2 Å². The minimum Gasteiger partial charge on any atom is -0.507 e. The number of benzene rings is 2. The first-order valence-corrected chi connectivity index (χ1v) is 7.18. The zero-order valence-corrected chi connectivity index (χ0v) is 13.3. The Morgan fingerprint density at radius 3 is 1.55 bits per heavy atom. The Morgan fingerprint density at radius 1 is 0.750 bits per heavy atom. The van der Waals surface area contributed by atoms with Crippen molar-refractivity contribution in [2.75, 3.05) is 0 Å². The van der Waals surface area contributed by atoms with E-state index in [-0.39, 0.29) is 11.5 Å². The molecule has 0 aromatic heterocycles. The Balaban J connectivity index is 2.15. The molecule has 0 bridgehead atoms. The van der Waals surface area contributed by atoms with Gasteiger partial charge in [0.1, 0.15) is 11.5 Å². The highest BCUT2D eigenvalue weighted by molar-refractivity contribution is 9.10. The lowest BCUT2D eigenvalue weighted by Gasteiger charge is -1.98. The highest BCUT2D eigenvalue weighted by atomic mass is 79.9. The zero-order valence-electron chi connectivity index (χ0n) is 10.2. The van der Waals surface area contributed by atoms with Crippen LogP contribution in [-0.4, -0.2) is 22.6 Å². The van der Waals surface area contributed by atoms with Crippen LogP contribution in [0.4, 0.5) is 0 Å². The largest absolute Gasteiger partial charge is 0.507 e. The lowest BCUT2D eigenvalue weighted by molar-refractivity contribution is 0.473. The molecule has 0 atom stereocenters. The van der Waals surface area contributed by atoms with Gasteiger partial charge in [0.15, 0.2) is 0 Å². The van der Waals surface area contributed by atoms with E-state index in [0.717, 1.165) is 8.95 Å². The van der Waals surface area contributed by atoms with Crippen molar-refractivity contribution < 1.29 is 10.2 Å². The maximum Gasteiger partial charge on any atom is 0.124 e. The van der Waals surface area contributed by atoms with Crippen LogP contribution in [0.15, 0.2) is 55.5 Å². The quantitative estimate of drug-likeness (QED) is 0.605. The molecule has 0 aliphatic heterocycles. The minimum absolute atomic E-state index is 0.123. The second-order valence-electron chi connectivity index (χ2n) is 3.90. The Labute approximate surface area is 132 Å². The van der Waals surface area contributed by atoms with E-state index in [1.54, 1.807) is 36.4 Å². The van der Waals surface area contributed by atoms with Crippen molar-refractivity contribution in [1.29, 1.82) is 0 Å². The molecule has 2 aromatic carbocycles. The third kappa shape index (κ3) is 3.91. The smallest absolute Gasteiger partial charge is 0.124 e. The summed E-state index contributed by atoms with van der Waals surface area (Å²) >= 11 is 6.62. The highest BCUT2D eigenvalue weighted by Crippen LogP contribution is 2.21. The number of halogens is 2. The first-order valence-electron chi connectivity index (χ1n) is 5.59.